The Morgan fingerprint density at radius 2 is 1.90 bits per heavy atom. The van der Waals surface area contributed by atoms with Gasteiger partial charge in [-0.15, -0.1) is 0 Å². The monoisotopic (exact) mass is 143 g/mol. The molecular formula is C8H17NO. The molecular weight excluding hydrogens is 126 g/mol. The minimum atomic E-state index is -0.0649. The topological polar surface area (TPSA) is 23.5 Å². The zero-order valence-electron chi connectivity index (χ0n) is 6.88. The molecule has 0 aromatic rings. The second-order valence-corrected chi connectivity index (χ2v) is 3.43. The van der Waals surface area contributed by atoms with Gasteiger partial charge in [-0.1, -0.05) is 6.92 Å². The molecule has 2 atom stereocenters. The van der Waals surface area contributed by atoms with Crippen molar-refractivity contribution in [1.29, 1.82) is 0 Å². The molecule has 1 aliphatic rings. The van der Waals surface area contributed by atoms with Gasteiger partial charge >= 0.3 is 0 Å². The Balaban J connectivity index is 2.38. The Hall–Kier alpha value is -0.0800. The van der Waals surface area contributed by atoms with Crippen molar-refractivity contribution in [3.63, 3.8) is 0 Å². The molecule has 0 aliphatic carbocycles. The lowest BCUT2D eigenvalue weighted by Gasteiger charge is -2.12. The molecule has 0 unspecified atom stereocenters. The van der Waals surface area contributed by atoms with Crippen molar-refractivity contribution in [3.05, 3.63) is 0 Å². The standard InChI is InChI=1S/C8H17NO/c1-7-3-5-9(2)6-4-8(7)10/h7-8,10H,3-6H2,1-2H3/t7-,8-/m1/s1. The third kappa shape index (κ3) is 1.96. The Bertz CT molecular complexity index is 93.4. The van der Waals surface area contributed by atoms with E-state index in [0.717, 1.165) is 25.9 Å². The Morgan fingerprint density at radius 3 is 2.60 bits per heavy atom. The molecule has 1 saturated heterocycles. The lowest BCUT2D eigenvalue weighted by Crippen LogP contribution is -2.19. The third-order valence-electron chi connectivity index (χ3n) is 2.43. The van der Waals surface area contributed by atoms with Crippen molar-refractivity contribution in [2.45, 2.75) is 25.9 Å². The molecule has 0 aromatic carbocycles. The van der Waals surface area contributed by atoms with Crippen molar-refractivity contribution in [1.82, 2.24) is 4.90 Å². The molecule has 0 aromatic heterocycles. The molecule has 60 valence electrons. The van der Waals surface area contributed by atoms with E-state index in [4.69, 9.17) is 0 Å². The predicted octanol–water partition coefficient (Wildman–Crippen LogP) is 0.709. The van der Waals surface area contributed by atoms with E-state index in [1.54, 1.807) is 0 Å². The molecule has 0 spiro atoms. The highest BCUT2D eigenvalue weighted by Gasteiger charge is 2.18. The summed E-state index contributed by atoms with van der Waals surface area (Å²) in [6.07, 6.45) is 2.01. The van der Waals surface area contributed by atoms with E-state index >= 15 is 0 Å². The van der Waals surface area contributed by atoms with Gasteiger partial charge in [0, 0.05) is 6.54 Å². The molecule has 1 rings (SSSR count). The fraction of sp³-hybridized carbons (Fsp3) is 1.00. The number of hydrogen-bond acceptors (Lipinski definition) is 2. The molecule has 1 fully saturated rings. The van der Waals surface area contributed by atoms with Crippen molar-refractivity contribution >= 4 is 0 Å². The first-order valence-electron chi connectivity index (χ1n) is 4.07. The highest BCUT2D eigenvalue weighted by Crippen LogP contribution is 2.15. The lowest BCUT2D eigenvalue weighted by atomic mass is 10.0. The Morgan fingerprint density at radius 1 is 1.30 bits per heavy atom. The van der Waals surface area contributed by atoms with Crippen LogP contribution in [0.1, 0.15) is 19.8 Å². The van der Waals surface area contributed by atoms with Gasteiger partial charge in [-0.05, 0) is 32.4 Å². The molecule has 2 nitrogen and oxygen atoms in total. The summed E-state index contributed by atoms with van der Waals surface area (Å²) in [5.41, 5.74) is 0. The summed E-state index contributed by atoms with van der Waals surface area (Å²) in [7, 11) is 2.12. The van der Waals surface area contributed by atoms with Gasteiger partial charge in [0.15, 0.2) is 0 Å². The van der Waals surface area contributed by atoms with E-state index in [0.29, 0.717) is 5.92 Å². The third-order valence-corrected chi connectivity index (χ3v) is 2.43. The summed E-state index contributed by atoms with van der Waals surface area (Å²) in [5, 5.41) is 9.45. The summed E-state index contributed by atoms with van der Waals surface area (Å²) in [6.45, 7) is 4.31. The first kappa shape index (κ1) is 8.02. The van der Waals surface area contributed by atoms with Gasteiger partial charge < -0.3 is 10.0 Å². The number of aliphatic hydroxyl groups is 1. The van der Waals surface area contributed by atoms with Gasteiger partial charge in [-0.3, -0.25) is 0 Å². The van der Waals surface area contributed by atoms with Crippen LogP contribution in [-0.4, -0.2) is 36.2 Å². The van der Waals surface area contributed by atoms with Gasteiger partial charge in [0.05, 0.1) is 6.10 Å². The van der Waals surface area contributed by atoms with Crippen molar-refractivity contribution in [2.24, 2.45) is 5.92 Å². The zero-order chi connectivity index (χ0) is 7.56. The highest BCUT2D eigenvalue weighted by atomic mass is 16.3. The van der Waals surface area contributed by atoms with Gasteiger partial charge in [-0.25, -0.2) is 0 Å². The maximum absolute atomic E-state index is 9.45. The SMILES string of the molecule is C[C@@H]1CCN(C)CC[C@H]1O. The zero-order valence-corrected chi connectivity index (χ0v) is 6.88. The molecule has 1 N–H and O–H groups in total. The van der Waals surface area contributed by atoms with Crippen LogP contribution in [0.5, 0.6) is 0 Å². The number of aliphatic hydroxyl groups excluding tert-OH is 1. The van der Waals surface area contributed by atoms with Crippen LogP contribution in [0.3, 0.4) is 0 Å². The summed E-state index contributed by atoms with van der Waals surface area (Å²) in [5.74, 6) is 0.491. The van der Waals surface area contributed by atoms with E-state index in [-0.39, 0.29) is 6.10 Å². The van der Waals surface area contributed by atoms with Crippen LogP contribution >= 0.6 is 0 Å². The van der Waals surface area contributed by atoms with Gasteiger partial charge in [-0.2, -0.15) is 0 Å². The second kappa shape index (κ2) is 3.35. The van der Waals surface area contributed by atoms with Crippen LogP contribution in [0, 0.1) is 5.92 Å². The first-order chi connectivity index (χ1) is 4.70. The normalized spacial score (nSPS) is 37.5. The van der Waals surface area contributed by atoms with Crippen molar-refractivity contribution in [2.75, 3.05) is 20.1 Å². The van der Waals surface area contributed by atoms with E-state index in [2.05, 4.69) is 18.9 Å². The smallest absolute Gasteiger partial charge is 0.0578 e. The van der Waals surface area contributed by atoms with Gasteiger partial charge in [0.25, 0.3) is 0 Å². The summed E-state index contributed by atoms with van der Waals surface area (Å²) >= 11 is 0. The molecule has 0 saturated carbocycles. The number of hydrogen-bond donors (Lipinski definition) is 1. The van der Waals surface area contributed by atoms with Crippen LogP contribution in [-0.2, 0) is 0 Å². The largest absolute Gasteiger partial charge is 0.393 e. The first-order valence-corrected chi connectivity index (χ1v) is 4.07. The Kier molecular flexibility index (Phi) is 2.69. The number of nitrogens with zero attached hydrogens (tertiary/aromatic N) is 1. The highest BCUT2D eigenvalue weighted by molar-refractivity contribution is 4.71. The van der Waals surface area contributed by atoms with Crippen LogP contribution in [0.15, 0.2) is 0 Å². The van der Waals surface area contributed by atoms with Gasteiger partial charge in [0.1, 0.15) is 0 Å². The van der Waals surface area contributed by atoms with Gasteiger partial charge in [0.2, 0.25) is 0 Å². The molecule has 2 heteroatoms. The van der Waals surface area contributed by atoms with Crippen LogP contribution in [0.25, 0.3) is 0 Å². The second-order valence-electron chi connectivity index (χ2n) is 3.43. The summed E-state index contributed by atoms with van der Waals surface area (Å²) in [4.78, 5) is 2.28. The molecule has 0 bridgehead atoms. The van der Waals surface area contributed by atoms with E-state index in [9.17, 15) is 5.11 Å². The molecule has 0 radical (unpaired) electrons. The fourth-order valence-corrected chi connectivity index (χ4v) is 1.37. The lowest BCUT2D eigenvalue weighted by molar-refractivity contribution is 0.113. The Labute approximate surface area is 62.8 Å². The van der Waals surface area contributed by atoms with Crippen LogP contribution < -0.4 is 0 Å². The minimum absolute atomic E-state index is 0.0649. The van der Waals surface area contributed by atoms with E-state index in [1.807, 2.05) is 0 Å². The van der Waals surface area contributed by atoms with E-state index in [1.165, 1.54) is 0 Å². The summed E-state index contributed by atoms with van der Waals surface area (Å²) in [6, 6.07) is 0. The van der Waals surface area contributed by atoms with Crippen molar-refractivity contribution in [3.8, 4) is 0 Å². The predicted molar refractivity (Wildman–Crippen MR) is 41.9 cm³/mol. The minimum Gasteiger partial charge on any atom is -0.393 e. The maximum atomic E-state index is 9.45. The van der Waals surface area contributed by atoms with E-state index < -0.39 is 0 Å². The summed E-state index contributed by atoms with van der Waals surface area (Å²) < 4.78 is 0. The van der Waals surface area contributed by atoms with Crippen molar-refractivity contribution < 1.29 is 5.11 Å². The van der Waals surface area contributed by atoms with Crippen LogP contribution in [0.4, 0.5) is 0 Å². The quantitative estimate of drug-likeness (QED) is 0.540. The molecule has 1 heterocycles. The molecule has 0 amide bonds. The molecule has 10 heavy (non-hydrogen) atoms. The number of rotatable bonds is 0. The average Bonchev–Trinajstić information content (AvgIpc) is 2.04. The average molecular weight is 143 g/mol. The molecule has 1 aliphatic heterocycles. The van der Waals surface area contributed by atoms with Crippen LogP contribution in [0.2, 0.25) is 0 Å². The number of likely N-dealkylation sites (tertiary alicyclic amines) is 1. The fourth-order valence-electron chi connectivity index (χ4n) is 1.37. The maximum Gasteiger partial charge on any atom is 0.0578 e.